The summed E-state index contributed by atoms with van der Waals surface area (Å²) in [7, 11) is 1.93. The first-order chi connectivity index (χ1) is 3.70. The number of rotatable bonds is 0. The number of nitrogen functional groups attached to an aromatic ring is 1. The monoisotopic (exact) mass is 174 g/mol. The van der Waals surface area contributed by atoms with E-state index in [2.05, 4.69) is 15.9 Å². The molecule has 2 nitrogen and oxygen atoms in total. The number of anilines is 1. The van der Waals surface area contributed by atoms with Gasteiger partial charge in [0, 0.05) is 13.2 Å². The number of aromatic nitrogens is 1. The van der Waals surface area contributed by atoms with Crippen LogP contribution in [0.5, 0.6) is 0 Å². The summed E-state index contributed by atoms with van der Waals surface area (Å²) in [6, 6.07) is 1.86. The molecule has 1 heterocycles. The van der Waals surface area contributed by atoms with Gasteiger partial charge in [-0.2, -0.15) is 0 Å². The third-order valence-electron chi connectivity index (χ3n) is 0.965. The average molecular weight is 175 g/mol. The maximum absolute atomic E-state index is 5.43. The van der Waals surface area contributed by atoms with E-state index in [9.17, 15) is 0 Å². The number of hydrogen-bond acceptors (Lipinski definition) is 1. The molecule has 8 heavy (non-hydrogen) atoms. The molecular weight excluding hydrogens is 168 g/mol. The highest BCUT2D eigenvalue weighted by Gasteiger charge is 1.92. The van der Waals surface area contributed by atoms with Crippen molar-refractivity contribution in [3.05, 3.63) is 16.9 Å². The zero-order valence-corrected chi connectivity index (χ0v) is 6.14. The summed E-state index contributed by atoms with van der Waals surface area (Å²) >= 11 is 3.30. The summed E-state index contributed by atoms with van der Waals surface area (Å²) in [6.07, 6.45) is 1.85. The Morgan fingerprint density at radius 1 is 1.75 bits per heavy atom. The smallest absolute Gasteiger partial charge is 0.0865 e. The molecule has 0 amide bonds. The Hall–Kier alpha value is -0.440. The van der Waals surface area contributed by atoms with Crippen molar-refractivity contribution < 1.29 is 0 Å². The molecule has 0 spiro atoms. The zero-order valence-electron chi connectivity index (χ0n) is 4.56. The van der Waals surface area contributed by atoms with Crippen LogP contribution in [0, 0.1) is 0 Å². The van der Waals surface area contributed by atoms with E-state index in [0.29, 0.717) is 0 Å². The van der Waals surface area contributed by atoms with Crippen LogP contribution in [0.4, 0.5) is 5.69 Å². The van der Waals surface area contributed by atoms with Gasteiger partial charge >= 0.3 is 0 Å². The number of hydrogen-bond donors (Lipinski definition) is 1. The molecule has 0 radical (unpaired) electrons. The first kappa shape index (κ1) is 5.69. The van der Waals surface area contributed by atoms with Gasteiger partial charge < -0.3 is 10.3 Å². The third kappa shape index (κ3) is 0.865. The lowest BCUT2D eigenvalue weighted by Crippen LogP contribution is -1.82. The lowest BCUT2D eigenvalue weighted by Gasteiger charge is -1.87. The minimum absolute atomic E-state index is 0.791. The van der Waals surface area contributed by atoms with Crippen molar-refractivity contribution in [2.45, 2.75) is 0 Å². The van der Waals surface area contributed by atoms with Crippen molar-refractivity contribution in [1.29, 1.82) is 0 Å². The van der Waals surface area contributed by atoms with Crippen LogP contribution in [-0.2, 0) is 7.05 Å². The normalized spacial score (nSPS) is 9.75. The molecular formula is C5H7BrN2. The van der Waals surface area contributed by atoms with Gasteiger partial charge in [0.25, 0.3) is 0 Å². The molecule has 0 fully saturated rings. The molecule has 1 aromatic rings. The fraction of sp³-hybridized carbons (Fsp3) is 0.200. The van der Waals surface area contributed by atoms with Gasteiger partial charge in [0.2, 0.25) is 0 Å². The molecule has 0 atom stereocenters. The quantitative estimate of drug-likeness (QED) is 0.634. The number of nitrogens with zero attached hydrogens (tertiary/aromatic N) is 1. The molecule has 1 aromatic heterocycles. The molecule has 0 aliphatic heterocycles. The van der Waals surface area contributed by atoms with E-state index in [0.717, 1.165) is 10.3 Å². The first-order valence-corrected chi connectivity index (χ1v) is 3.07. The van der Waals surface area contributed by atoms with E-state index in [-0.39, 0.29) is 0 Å². The zero-order chi connectivity index (χ0) is 6.15. The Balaban J connectivity index is 3.14. The van der Waals surface area contributed by atoms with Crippen LogP contribution in [0.25, 0.3) is 0 Å². The van der Waals surface area contributed by atoms with Crippen LogP contribution in [0.3, 0.4) is 0 Å². The number of aryl methyl sites for hydroxylation is 1. The fourth-order valence-corrected chi connectivity index (χ4v) is 0.929. The van der Waals surface area contributed by atoms with E-state index < -0.39 is 0 Å². The number of halogens is 1. The highest BCUT2D eigenvalue weighted by Crippen LogP contribution is 2.13. The Morgan fingerprint density at radius 3 is 2.50 bits per heavy atom. The molecule has 0 saturated heterocycles. The Morgan fingerprint density at radius 2 is 2.38 bits per heavy atom. The van der Waals surface area contributed by atoms with Crippen molar-refractivity contribution in [1.82, 2.24) is 4.57 Å². The minimum atomic E-state index is 0.791. The summed E-state index contributed by atoms with van der Waals surface area (Å²) in [6.45, 7) is 0. The molecule has 0 unspecified atom stereocenters. The SMILES string of the molecule is Cn1cc(N)cc1Br. The molecule has 44 valence electrons. The Labute approximate surface area is 56.4 Å². The van der Waals surface area contributed by atoms with E-state index in [4.69, 9.17) is 5.73 Å². The fourth-order valence-electron chi connectivity index (χ4n) is 0.562. The summed E-state index contributed by atoms with van der Waals surface area (Å²) in [5.74, 6) is 0. The molecule has 2 N–H and O–H groups in total. The second-order valence-electron chi connectivity index (χ2n) is 1.71. The van der Waals surface area contributed by atoms with Crippen LogP contribution in [0.2, 0.25) is 0 Å². The summed E-state index contributed by atoms with van der Waals surface area (Å²) in [5, 5.41) is 0. The van der Waals surface area contributed by atoms with Crippen LogP contribution in [0.1, 0.15) is 0 Å². The van der Waals surface area contributed by atoms with E-state index in [1.807, 2.05) is 23.9 Å². The van der Waals surface area contributed by atoms with Gasteiger partial charge in [-0.15, -0.1) is 0 Å². The standard InChI is InChI=1S/C5H7BrN2/c1-8-3-4(7)2-5(8)6/h2-3H,7H2,1H3. The maximum Gasteiger partial charge on any atom is 0.0865 e. The van der Waals surface area contributed by atoms with Crippen molar-refractivity contribution in [2.24, 2.45) is 7.05 Å². The highest BCUT2D eigenvalue weighted by atomic mass is 79.9. The Bertz CT molecular complexity index is 173. The van der Waals surface area contributed by atoms with Crippen LogP contribution < -0.4 is 5.73 Å². The summed E-state index contributed by atoms with van der Waals surface area (Å²) < 4.78 is 2.92. The molecule has 0 aliphatic carbocycles. The van der Waals surface area contributed by atoms with Crippen molar-refractivity contribution in [3.8, 4) is 0 Å². The molecule has 0 aromatic carbocycles. The van der Waals surface area contributed by atoms with Crippen molar-refractivity contribution in [3.63, 3.8) is 0 Å². The topological polar surface area (TPSA) is 30.9 Å². The van der Waals surface area contributed by atoms with Crippen molar-refractivity contribution in [2.75, 3.05) is 5.73 Å². The van der Waals surface area contributed by atoms with Gasteiger partial charge in [0.1, 0.15) is 0 Å². The highest BCUT2D eigenvalue weighted by molar-refractivity contribution is 9.10. The minimum Gasteiger partial charge on any atom is -0.397 e. The van der Waals surface area contributed by atoms with Gasteiger partial charge in [0.05, 0.1) is 10.3 Å². The van der Waals surface area contributed by atoms with Gasteiger partial charge in [-0.1, -0.05) is 0 Å². The predicted molar refractivity (Wildman–Crippen MR) is 37.5 cm³/mol. The molecule has 0 aliphatic rings. The van der Waals surface area contributed by atoms with Gasteiger partial charge in [-0.05, 0) is 22.0 Å². The Kier molecular flexibility index (Phi) is 1.29. The van der Waals surface area contributed by atoms with Gasteiger partial charge in [-0.3, -0.25) is 0 Å². The number of nitrogens with two attached hydrogens (primary N) is 1. The lowest BCUT2D eigenvalue weighted by molar-refractivity contribution is 0.902. The van der Waals surface area contributed by atoms with Gasteiger partial charge in [-0.25, -0.2) is 0 Å². The van der Waals surface area contributed by atoms with E-state index in [1.165, 1.54) is 0 Å². The van der Waals surface area contributed by atoms with E-state index >= 15 is 0 Å². The second kappa shape index (κ2) is 1.82. The average Bonchev–Trinajstić information content (AvgIpc) is 1.85. The van der Waals surface area contributed by atoms with Crippen LogP contribution in [0.15, 0.2) is 16.9 Å². The van der Waals surface area contributed by atoms with Crippen molar-refractivity contribution >= 4 is 21.6 Å². The molecule has 1 rings (SSSR count). The lowest BCUT2D eigenvalue weighted by atomic mass is 10.6. The maximum atomic E-state index is 5.43. The van der Waals surface area contributed by atoms with E-state index in [1.54, 1.807) is 0 Å². The molecule has 0 saturated carbocycles. The first-order valence-electron chi connectivity index (χ1n) is 2.27. The molecule has 0 bridgehead atoms. The second-order valence-corrected chi connectivity index (χ2v) is 2.52. The predicted octanol–water partition coefficient (Wildman–Crippen LogP) is 1.37. The van der Waals surface area contributed by atoms with Gasteiger partial charge in [0.15, 0.2) is 0 Å². The molecule has 3 heteroatoms. The third-order valence-corrected chi connectivity index (χ3v) is 1.75. The summed E-state index contributed by atoms with van der Waals surface area (Å²) in [4.78, 5) is 0. The summed E-state index contributed by atoms with van der Waals surface area (Å²) in [5.41, 5.74) is 6.22. The largest absolute Gasteiger partial charge is 0.397 e. The van der Waals surface area contributed by atoms with Crippen LogP contribution in [-0.4, -0.2) is 4.57 Å². The van der Waals surface area contributed by atoms with Crippen LogP contribution >= 0.6 is 15.9 Å².